The van der Waals surface area contributed by atoms with E-state index < -0.39 is 0 Å². The van der Waals surface area contributed by atoms with Crippen molar-refractivity contribution in [1.82, 2.24) is 10.6 Å². The van der Waals surface area contributed by atoms with E-state index in [-0.39, 0.29) is 36.7 Å². The predicted molar refractivity (Wildman–Crippen MR) is 90.4 cm³/mol. The third-order valence-electron chi connectivity index (χ3n) is 3.84. The monoisotopic (exact) mass is 325 g/mol. The summed E-state index contributed by atoms with van der Waals surface area (Å²) < 4.78 is 0. The molecule has 22 heavy (non-hydrogen) atoms. The summed E-state index contributed by atoms with van der Waals surface area (Å²) in [4.78, 5) is 23.9. The normalized spacial score (nSPS) is 17.3. The van der Waals surface area contributed by atoms with Gasteiger partial charge in [-0.25, -0.2) is 0 Å². The zero-order valence-corrected chi connectivity index (χ0v) is 13.9. The molecule has 0 saturated carbocycles. The van der Waals surface area contributed by atoms with Crippen molar-refractivity contribution in [2.75, 3.05) is 25.0 Å². The minimum Gasteiger partial charge on any atom is -0.347 e. The number of amides is 2. The molecule has 0 spiro atoms. The molecule has 1 aliphatic heterocycles. The van der Waals surface area contributed by atoms with E-state index in [1.807, 2.05) is 32.0 Å². The van der Waals surface area contributed by atoms with Gasteiger partial charge >= 0.3 is 0 Å². The minimum atomic E-state index is -0.190. The molecule has 1 aromatic rings. The number of nitrogens with one attached hydrogen (secondary N) is 3. The van der Waals surface area contributed by atoms with E-state index in [1.165, 1.54) is 0 Å². The van der Waals surface area contributed by atoms with Crippen molar-refractivity contribution >= 4 is 29.9 Å². The Labute approximate surface area is 137 Å². The number of rotatable bonds is 4. The van der Waals surface area contributed by atoms with Gasteiger partial charge in [0.05, 0.1) is 12.5 Å². The summed E-state index contributed by atoms with van der Waals surface area (Å²) in [6.07, 6.45) is 1.89. The van der Waals surface area contributed by atoms with Crippen molar-refractivity contribution < 1.29 is 9.59 Å². The Hall–Kier alpha value is -1.59. The van der Waals surface area contributed by atoms with Crippen LogP contribution in [0.25, 0.3) is 0 Å². The molecule has 0 aromatic heterocycles. The first-order valence-corrected chi connectivity index (χ1v) is 7.42. The van der Waals surface area contributed by atoms with Crippen LogP contribution in [-0.4, -0.2) is 31.4 Å². The molecule has 1 unspecified atom stereocenters. The fraction of sp³-hybridized carbons (Fsp3) is 0.500. The van der Waals surface area contributed by atoms with Gasteiger partial charge in [-0.3, -0.25) is 9.59 Å². The third kappa shape index (κ3) is 5.00. The standard InChI is InChI=1S/C16H23N3O2.ClH/c1-11-5-3-6-12(2)15(11)19-14(20)10-18-16(21)13-7-4-8-17-9-13;/h3,5-6,13,17H,4,7-10H2,1-2H3,(H,18,21)(H,19,20);1H. The lowest BCUT2D eigenvalue weighted by molar-refractivity contribution is -0.127. The van der Waals surface area contributed by atoms with Crippen LogP contribution in [0, 0.1) is 19.8 Å². The lowest BCUT2D eigenvalue weighted by atomic mass is 9.99. The highest BCUT2D eigenvalue weighted by atomic mass is 35.5. The Morgan fingerprint density at radius 3 is 2.55 bits per heavy atom. The number of carbonyl (C=O) groups excluding carboxylic acids is 2. The van der Waals surface area contributed by atoms with Crippen LogP contribution in [-0.2, 0) is 9.59 Å². The summed E-state index contributed by atoms with van der Waals surface area (Å²) in [6, 6.07) is 5.86. The number of hydrogen-bond donors (Lipinski definition) is 3. The Kier molecular flexibility index (Phi) is 7.35. The van der Waals surface area contributed by atoms with Crippen LogP contribution >= 0.6 is 12.4 Å². The molecule has 6 heteroatoms. The summed E-state index contributed by atoms with van der Waals surface area (Å²) in [5.41, 5.74) is 2.87. The topological polar surface area (TPSA) is 70.2 Å². The third-order valence-corrected chi connectivity index (χ3v) is 3.84. The van der Waals surface area contributed by atoms with E-state index >= 15 is 0 Å². The molecule has 1 fully saturated rings. The van der Waals surface area contributed by atoms with E-state index in [4.69, 9.17) is 0 Å². The van der Waals surface area contributed by atoms with Gasteiger partial charge in [0.25, 0.3) is 0 Å². The second-order valence-electron chi connectivity index (χ2n) is 5.58. The number of piperidine rings is 1. The highest BCUT2D eigenvalue weighted by Crippen LogP contribution is 2.19. The number of para-hydroxylation sites is 1. The molecule has 5 nitrogen and oxygen atoms in total. The Bertz CT molecular complexity index is 508. The van der Waals surface area contributed by atoms with Crippen molar-refractivity contribution in [3.05, 3.63) is 29.3 Å². The molecule has 1 aromatic carbocycles. The molecule has 1 heterocycles. The summed E-state index contributed by atoms with van der Waals surface area (Å²) in [5.74, 6) is -0.255. The summed E-state index contributed by atoms with van der Waals surface area (Å²) in [5, 5.41) is 8.78. The highest BCUT2D eigenvalue weighted by Gasteiger charge is 2.21. The number of carbonyl (C=O) groups is 2. The zero-order valence-electron chi connectivity index (χ0n) is 13.1. The van der Waals surface area contributed by atoms with Gasteiger partial charge in [-0.2, -0.15) is 0 Å². The molecule has 2 amide bonds. The fourth-order valence-corrected chi connectivity index (χ4v) is 2.58. The van der Waals surface area contributed by atoms with E-state index in [0.717, 1.165) is 36.2 Å². The second kappa shape index (κ2) is 8.76. The Morgan fingerprint density at radius 1 is 1.27 bits per heavy atom. The first kappa shape index (κ1) is 18.5. The van der Waals surface area contributed by atoms with Crippen LogP contribution < -0.4 is 16.0 Å². The van der Waals surface area contributed by atoms with E-state index in [9.17, 15) is 9.59 Å². The average molecular weight is 326 g/mol. The van der Waals surface area contributed by atoms with Gasteiger partial charge in [-0.05, 0) is 44.4 Å². The molecular formula is C16H24ClN3O2. The zero-order chi connectivity index (χ0) is 15.2. The molecule has 122 valence electrons. The quantitative estimate of drug-likeness (QED) is 0.790. The first-order valence-electron chi connectivity index (χ1n) is 7.42. The maximum absolute atomic E-state index is 12.0. The van der Waals surface area contributed by atoms with Crippen LogP contribution in [0.3, 0.4) is 0 Å². The van der Waals surface area contributed by atoms with Crippen LogP contribution in [0.2, 0.25) is 0 Å². The highest BCUT2D eigenvalue weighted by molar-refractivity contribution is 5.96. The van der Waals surface area contributed by atoms with Crippen LogP contribution in [0.4, 0.5) is 5.69 Å². The lowest BCUT2D eigenvalue weighted by Crippen LogP contribution is -2.43. The molecule has 1 atom stereocenters. The van der Waals surface area contributed by atoms with Crippen LogP contribution in [0.1, 0.15) is 24.0 Å². The molecule has 2 rings (SSSR count). The van der Waals surface area contributed by atoms with Crippen molar-refractivity contribution in [2.24, 2.45) is 5.92 Å². The number of hydrogen-bond acceptors (Lipinski definition) is 3. The summed E-state index contributed by atoms with van der Waals surface area (Å²) in [6.45, 7) is 5.59. The fourth-order valence-electron chi connectivity index (χ4n) is 2.58. The second-order valence-corrected chi connectivity index (χ2v) is 5.58. The van der Waals surface area contributed by atoms with Crippen molar-refractivity contribution in [2.45, 2.75) is 26.7 Å². The largest absolute Gasteiger partial charge is 0.347 e. The molecular weight excluding hydrogens is 302 g/mol. The molecule has 0 radical (unpaired) electrons. The summed E-state index contributed by atoms with van der Waals surface area (Å²) >= 11 is 0. The maximum atomic E-state index is 12.0. The molecule has 0 aliphatic carbocycles. The van der Waals surface area contributed by atoms with Crippen LogP contribution in [0.15, 0.2) is 18.2 Å². The smallest absolute Gasteiger partial charge is 0.243 e. The molecule has 0 bridgehead atoms. The number of benzene rings is 1. The van der Waals surface area contributed by atoms with Gasteiger partial charge in [-0.15, -0.1) is 12.4 Å². The van der Waals surface area contributed by atoms with Crippen LogP contribution in [0.5, 0.6) is 0 Å². The first-order chi connectivity index (χ1) is 10.1. The van der Waals surface area contributed by atoms with Gasteiger partial charge in [0.2, 0.25) is 11.8 Å². The van der Waals surface area contributed by atoms with Gasteiger partial charge in [0.1, 0.15) is 0 Å². The van der Waals surface area contributed by atoms with E-state index in [0.29, 0.717) is 6.54 Å². The molecule has 3 N–H and O–H groups in total. The minimum absolute atomic E-state index is 0. The predicted octanol–water partition coefficient (Wildman–Crippen LogP) is 1.78. The van der Waals surface area contributed by atoms with Crippen molar-refractivity contribution in [1.29, 1.82) is 0 Å². The maximum Gasteiger partial charge on any atom is 0.243 e. The molecule has 1 saturated heterocycles. The van der Waals surface area contributed by atoms with Gasteiger partial charge < -0.3 is 16.0 Å². The molecule has 1 aliphatic rings. The van der Waals surface area contributed by atoms with E-state index in [2.05, 4.69) is 16.0 Å². The van der Waals surface area contributed by atoms with Gasteiger partial charge in [-0.1, -0.05) is 18.2 Å². The van der Waals surface area contributed by atoms with E-state index in [1.54, 1.807) is 0 Å². The van der Waals surface area contributed by atoms with Crippen molar-refractivity contribution in [3.8, 4) is 0 Å². The SMILES string of the molecule is Cc1cccc(C)c1NC(=O)CNC(=O)C1CCCNC1.Cl. The van der Waals surface area contributed by atoms with Gasteiger partial charge in [0.15, 0.2) is 0 Å². The Balaban J connectivity index is 0.00000242. The number of halogens is 1. The summed E-state index contributed by atoms with van der Waals surface area (Å²) in [7, 11) is 0. The van der Waals surface area contributed by atoms with Gasteiger partial charge in [0, 0.05) is 12.2 Å². The lowest BCUT2D eigenvalue weighted by Gasteiger charge is -2.21. The van der Waals surface area contributed by atoms with Crippen molar-refractivity contribution in [3.63, 3.8) is 0 Å². The number of anilines is 1. The average Bonchev–Trinajstić information content (AvgIpc) is 2.49. The number of aryl methyl sites for hydroxylation is 2. The Morgan fingerprint density at radius 2 is 1.95 bits per heavy atom.